The smallest absolute Gasteiger partial charge is 0.235 e. The highest BCUT2D eigenvalue weighted by atomic mass is 32.2. The summed E-state index contributed by atoms with van der Waals surface area (Å²) in [7, 11) is -3.65. The number of nitrogen functional groups attached to an aromatic ring is 1. The third-order valence-electron chi connectivity index (χ3n) is 2.00. The number of ether oxygens (including phenoxy) is 1. The number of para-hydroxylation sites is 1. The molecule has 1 rings (SSSR count). The molecule has 0 atom stereocenters. The van der Waals surface area contributed by atoms with Gasteiger partial charge in [-0.15, -0.1) is 0 Å². The number of benzene rings is 1. The minimum absolute atomic E-state index is 0.0463. The van der Waals surface area contributed by atoms with Gasteiger partial charge < -0.3 is 10.5 Å². The molecule has 0 aliphatic heterocycles. The van der Waals surface area contributed by atoms with Crippen molar-refractivity contribution >= 4 is 21.4 Å². The first kappa shape index (κ1) is 13.7. The summed E-state index contributed by atoms with van der Waals surface area (Å²) in [5.41, 5.74) is 5.31. The predicted molar refractivity (Wildman–Crippen MR) is 64.7 cm³/mol. The summed E-state index contributed by atoms with van der Waals surface area (Å²) < 4.78 is 43.5. The van der Waals surface area contributed by atoms with Crippen molar-refractivity contribution in [1.82, 2.24) is 0 Å². The Hall–Kier alpha value is -1.34. The summed E-state index contributed by atoms with van der Waals surface area (Å²) in [5, 5.41) is 0. The highest BCUT2D eigenvalue weighted by Gasteiger charge is 2.15. The lowest BCUT2D eigenvalue weighted by Gasteiger charge is -2.10. The lowest BCUT2D eigenvalue weighted by atomic mass is 10.3. The van der Waals surface area contributed by atoms with Crippen LogP contribution in [-0.2, 0) is 14.8 Å². The highest BCUT2D eigenvalue weighted by molar-refractivity contribution is 7.92. The number of halogens is 1. The van der Waals surface area contributed by atoms with E-state index in [0.29, 0.717) is 6.61 Å². The van der Waals surface area contributed by atoms with Crippen molar-refractivity contribution in [2.24, 2.45) is 0 Å². The molecule has 0 saturated heterocycles. The third-order valence-corrected chi connectivity index (χ3v) is 3.22. The number of nitrogens with two attached hydrogens (primary N) is 1. The fourth-order valence-corrected chi connectivity index (χ4v) is 2.13. The summed E-state index contributed by atoms with van der Waals surface area (Å²) in [6.07, 6.45) is 0. The van der Waals surface area contributed by atoms with Crippen LogP contribution in [0.3, 0.4) is 0 Å². The Kier molecular flexibility index (Phi) is 4.71. The van der Waals surface area contributed by atoms with Crippen molar-refractivity contribution in [2.75, 3.05) is 29.4 Å². The molecule has 0 bridgehead atoms. The molecule has 96 valence electrons. The number of anilines is 2. The normalized spacial score (nSPS) is 11.4. The van der Waals surface area contributed by atoms with Crippen LogP contribution in [0, 0.1) is 5.82 Å². The second-order valence-corrected chi connectivity index (χ2v) is 5.16. The fraction of sp³-hybridized carbons (Fsp3) is 0.400. The number of nitrogens with one attached hydrogen (secondary N) is 1. The molecule has 0 amide bonds. The van der Waals surface area contributed by atoms with E-state index in [9.17, 15) is 12.8 Å². The van der Waals surface area contributed by atoms with Gasteiger partial charge in [-0.3, -0.25) is 4.72 Å². The molecule has 3 N–H and O–H groups in total. The van der Waals surface area contributed by atoms with Crippen molar-refractivity contribution in [1.29, 1.82) is 0 Å². The van der Waals surface area contributed by atoms with Gasteiger partial charge >= 0.3 is 0 Å². The van der Waals surface area contributed by atoms with E-state index in [1.54, 1.807) is 6.92 Å². The van der Waals surface area contributed by atoms with E-state index >= 15 is 0 Å². The Morgan fingerprint density at radius 1 is 1.47 bits per heavy atom. The Bertz CT molecular complexity index is 456. The van der Waals surface area contributed by atoms with Crippen LogP contribution < -0.4 is 10.5 Å². The maximum absolute atomic E-state index is 13.3. The minimum Gasteiger partial charge on any atom is -0.397 e. The first-order chi connectivity index (χ1) is 7.96. The molecule has 0 saturated carbocycles. The molecule has 0 spiro atoms. The van der Waals surface area contributed by atoms with Gasteiger partial charge in [0.15, 0.2) is 0 Å². The predicted octanol–water partition coefficient (Wildman–Crippen LogP) is 1.19. The van der Waals surface area contributed by atoms with Gasteiger partial charge in [0.2, 0.25) is 10.0 Å². The van der Waals surface area contributed by atoms with Gasteiger partial charge in [-0.25, -0.2) is 12.8 Å². The number of hydrogen-bond acceptors (Lipinski definition) is 4. The van der Waals surface area contributed by atoms with Gasteiger partial charge in [0.05, 0.1) is 18.0 Å². The SMILES string of the molecule is CCOCCS(=O)(=O)Nc1c(N)cccc1F. The average molecular weight is 262 g/mol. The van der Waals surface area contributed by atoms with Crippen molar-refractivity contribution in [2.45, 2.75) is 6.92 Å². The van der Waals surface area contributed by atoms with E-state index in [0.717, 1.165) is 6.07 Å². The second-order valence-electron chi connectivity index (χ2n) is 3.32. The summed E-state index contributed by atoms with van der Waals surface area (Å²) >= 11 is 0. The molecule has 0 heterocycles. The van der Waals surface area contributed by atoms with E-state index in [1.165, 1.54) is 12.1 Å². The van der Waals surface area contributed by atoms with E-state index in [1.807, 2.05) is 0 Å². The standard InChI is InChI=1S/C10H15FN2O3S/c1-2-16-6-7-17(14,15)13-10-8(11)4-3-5-9(10)12/h3-5,13H,2,6-7,12H2,1H3. The molecule has 1 aromatic rings. The van der Waals surface area contributed by atoms with Crippen molar-refractivity contribution < 1.29 is 17.5 Å². The van der Waals surface area contributed by atoms with Crippen LogP contribution in [0.25, 0.3) is 0 Å². The Morgan fingerprint density at radius 2 is 2.18 bits per heavy atom. The largest absolute Gasteiger partial charge is 0.397 e. The molecule has 0 radical (unpaired) electrons. The second kappa shape index (κ2) is 5.83. The van der Waals surface area contributed by atoms with E-state index < -0.39 is 15.8 Å². The molecule has 0 fully saturated rings. The Labute approximate surface area is 99.8 Å². The summed E-state index contributed by atoms with van der Waals surface area (Å²) in [6.45, 7) is 2.24. The molecular formula is C10H15FN2O3S. The zero-order chi connectivity index (χ0) is 12.9. The molecular weight excluding hydrogens is 247 g/mol. The maximum atomic E-state index is 13.3. The van der Waals surface area contributed by atoms with Crippen LogP contribution >= 0.6 is 0 Å². The minimum atomic E-state index is -3.65. The highest BCUT2D eigenvalue weighted by Crippen LogP contribution is 2.22. The molecule has 7 heteroatoms. The summed E-state index contributed by atoms with van der Waals surface area (Å²) in [4.78, 5) is 0. The first-order valence-electron chi connectivity index (χ1n) is 5.08. The van der Waals surface area contributed by atoms with Gasteiger partial charge in [-0.2, -0.15) is 0 Å². The Morgan fingerprint density at radius 3 is 2.76 bits per heavy atom. The van der Waals surface area contributed by atoms with Gasteiger partial charge in [0.1, 0.15) is 11.5 Å². The van der Waals surface area contributed by atoms with E-state index in [4.69, 9.17) is 10.5 Å². The number of rotatable bonds is 6. The van der Waals surface area contributed by atoms with Gasteiger partial charge in [0.25, 0.3) is 0 Å². The van der Waals surface area contributed by atoms with Crippen LogP contribution in [0.15, 0.2) is 18.2 Å². The summed E-state index contributed by atoms with van der Waals surface area (Å²) in [5.74, 6) is -0.945. The Balaban J connectivity index is 2.76. The topological polar surface area (TPSA) is 81.4 Å². The zero-order valence-electron chi connectivity index (χ0n) is 9.44. The van der Waals surface area contributed by atoms with Gasteiger partial charge in [0, 0.05) is 6.61 Å². The molecule has 0 aliphatic carbocycles. The molecule has 17 heavy (non-hydrogen) atoms. The zero-order valence-corrected chi connectivity index (χ0v) is 10.3. The van der Waals surface area contributed by atoms with Crippen LogP contribution in [0.1, 0.15) is 6.92 Å². The fourth-order valence-electron chi connectivity index (χ4n) is 1.17. The molecule has 5 nitrogen and oxygen atoms in total. The van der Waals surface area contributed by atoms with Crippen LogP contribution in [-0.4, -0.2) is 27.4 Å². The lowest BCUT2D eigenvalue weighted by Crippen LogP contribution is -2.21. The monoisotopic (exact) mass is 262 g/mol. The molecule has 0 unspecified atom stereocenters. The van der Waals surface area contributed by atoms with Gasteiger partial charge in [-0.05, 0) is 19.1 Å². The average Bonchev–Trinajstić information content (AvgIpc) is 2.24. The van der Waals surface area contributed by atoms with E-state index in [2.05, 4.69) is 4.72 Å². The van der Waals surface area contributed by atoms with Crippen LogP contribution in [0.4, 0.5) is 15.8 Å². The molecule has 0 aromatic heterocycles. The number of hydrogen-bond donors (Lipinski definition) is 2. The molecule has 1 aromatic carbocycles. The quantitative estimate of drug-likeness (QED) is 0.596. The first-order valence-corrected chi connectivity index (χ1v) is 6.73. The molecule has 0 aliphatic rings. The van der Waals surface area contributed by atoms with Gasteiger partial charge in [-0.1, -0.05) is 6.07 Å². The van der Waals surface area contributed by atoms with Crippen molar-refractivity contribution in [3.05, 3.63) is 24.0 Å². The van der Waals surface area contributed by atoms with Crippen LogP contribution in [0.5, 0.6) is 0 Å². The van der Waals surface area contributed by atoms with Crippen LogP contribution in [0.2, 0.25) is 0 Å². The van der Waals surface area contributed by atoms with E-state index in [-0.39, 0.29) is 23.7 Å². The summed E-state index contributed by atoms with van der Waals surface area (Å²) in [6, 6.07) is 3.96. The van der Waals surface area contributed by atoms with Crippen molar-refractivity contribution in [3.63, 3.8) is 0 Å². The lowest BCUT2D eigenvalue weighted by molar-refractivity contribution is 0.163. The maximum Gasteiger partial charge on any atom is 0.235 e. The van der Waals surface area contributed by atoms with Crippen molar-refractivity contribution in [3.8, 4) is 0 Å². The number of sulfonamides is 1. The third kappa shape index (κ3) is 4.20.